The predicted octanol–water partition coefficient (Wildman–Crippen LogP) is 0.116. The lowest BCUT2D eigenvalue weighted by atomic mass is 10.3. The third kappa shape index (κ3) is 2.24. The van der Waals surface area contributed by atoms with Gasteiger partial charge in [-0.1, -0.05) is 0 Å². The maximum Gasteiger partial charge on any atom is 0.0977 e. The van der Waals surface area contributed by atoms with Crippen molar-refractivity contribution in [1.82, 2.24) is 10.2 Å². The zero-order chi connectivity index (χ0) is 6.53. The Kier molecular flexibility index (Phi) is 2.87. The highest BCUT2D eigenvalue weighted by Crippen LogP contribution is 1.92. The molecule has 0 aromatic rings. The monoisotopic (exact) mass is 127 g/mol. The first-order chi connectivity index (χ1) is 4.43. The van der Waals surface area contributed by atoms with E-state index in [1.165, 1.54) is 19.6 Å². The molecule has 0 saturated carbocycles. The lowest BCUT2D eigenvalue weighted by Gasteiger charge is -2.25. The Balaban J connectivity index is 2.08. The van der Waals surface area contributed by atoms with Crippen LogP contribution in [-0.2, 0) is 0 Å². The first-order valence-electron chi connectivity index (χ1n) is 3.66. The Labute approximate surface area is 57.2 Å². The molecule has 0 aliphatic carbocycles. The molecule has 0 aromatic carbocycles. The van der Waals surface area contributed by atoms with Crippen LogP contribution in [0, 0.1) is 6.92 Å². The molecular formula is C7H15N2+. The van der Waals surface area contributed by atoms with Crippen LogP contribution in [0.3, 0.4) is 0 Å². The van der Waals surface area contributed by atoms with Crippen LogP contribution in [0.2, 0.25) is 0 Å². The Morgan fingerprint density at radius 1 is 1.33 bits per heavy atom. The first kappa shape index (κ1) is 6.90. The average molecular weight is 127 g/mol. The molecule has 0 spiro atoms. The van der Waals surface area contributed by atoms with Crippen LogP contribution in [0.5, 0.6) is 0 Å². The zero-order valence-corrected chi connectivity index (χ0v) is 5.90. The van der Waals surface area contributed by atoms with Gasteiger partial charge in [-0.2, -0.15) is 0 Å². The Morgan fingerprint density at radius 3 is 2.56 bits per heavy atom. The van der Waals surface area contributed by atoms with E-state index in [2.05, 4.69) is 17.1 Å². The van der Waals surface area contributed by atoms with E-state index in [9.17, 15) is 0 Å². The number of rotatable bonds is 2. The molecule has 0 radical (unpaired) electrons. The van der Waals surface area contributed by atoms with E-state index in [1.807, 2.05) is 0 Å². The fourth-order valence-electron chi connectivity index (χ4n) is 1.16. The van der Waals surface area contributed by atoms with Crippen LogP contribution < -0.4 is 5.32 Å². The molecule has 1 heterocycles. The van der Waals surface area contributed by atoms with Crippen LogP contribution >= 0.6 is 0 Å². The van der Waals surface area contributed by atoms with Crippen molar-refractivity contribution in [3.8, 4) is 0 Å². The van der Waals surface area contributed by atoms with Crippen LogP contribution in [0.4, 0.5) is 0 Å². The highest BCUT2D eigenvalue weighted by molar-refractivity contribution is 4.67. The number of nitrogens with one attached hydrogen (secondary N) is 1. The van der Waals surface area contributed by atoms with E-state index in [1.54, 1.807) is 0 Å². The van der Waals surface area contributed by atoms with Crippen molar-refractivity contribution in [2.24, 2.45) is 0 Å². The molecule has 9 heavy (non-hydrogen) atoms. The van der Waals surface area contributed by atoms with E-state index in [0.29, 0.717) is 0 Å². The first-order valence-corrected chi connectivity index (χ1v) is 3.66. The third-order valence-corrected chi connectivity index (χ3v) is 1.68. The highest BCUT2D eigenvalue weighted by Gasteiger charge is 2.07. The molecule has 1 rings (SSSR count). The summed E-state index contributed by atoms with van der Waals surface area (Å²) < 4.78 is 0. The van der Waals surface area contributed by atoms with Crippen molar-refractivity contribution in [2.75, 3.05) is 32.7 Å². The topological polar surface area (TPSA) is 15.3 Å². The summed E-state index contributed by atoms with van der Waals surface area (Å²) >= 11 is 0. The summed E-state index contributed by atoms with van der Waals surface area (Å²) in [6.07, 6.45) is 1.04. The summed E-state index contributed by atoms with van der Waals surface area (Å²) in [7, 11) is 0. The molecule has 2 heteroatoms. The minimum absolute atomic E-state index is 1.04. The molecule has 1 fully saturated rings. The standard InChI is InChI=1S/C7H15N2/c1-2-5-9-6-3-8-4-7-9/h8H,1-7H2/q+1. The van der Waals surface area contributed by atoms with E-state index >= 15 is 0 Å². The SMILES string of the molecule is [CH2+]CCN1CCNCC1. The van der Waals surface area contributed by atoms with Crippen molar-refractivity contribution in [2.45, 2.75) is 6.42 Å². The number of hydrogen-bond acceptors (Lipinski definition) is 2. The van der Waals surface area contributed by atoms with Gasteiger partial charge in [-0.15, -0.1) is 0 Å². The fraction of sp³-hybridized carbons (Fsp3) is 0.857. The largest absolute Gasteiger partial charge is 0.314 e. The maximum absolute atomic E-state index is 3.82. The predicted molar refractivity (Wildman–Crippen MR) is 39.3 cm³/mol. The molecule has 0 atom stereocenters. The molecule has 1 aliphatic heterocycles. The van der Waals surface area contributed by atoms with Crippen molar-refractivity contribution in [3.63, 3.8) is 0 Å². The third-order valence-electron chi connectivity index (χ3n) is 1.68. The smallest absolute Gasteiger partial charge is 0.0977 e. The normalized spacial score (nSPS) is 22.2. The van der Waals surface area contributed by atoms with E-state index < -0.39 is 0 Å². The maximum atomic E-state index is 3.82. The molecule has 2 nitrogen and oxygen atoms in total. The quantitative estimate of drug-likeness (QED) is 0.530. The molecule has 0 bridgehead atoms. The Bertz CT molecular complexity index is 64.6. The van der Waals surface area contributed by atoms with Gasteiger partial charge in [0.1, 0.15) is 0 Å². The van der Waals surface area contributed by atoms with Crippen LogP contribution in [0.1, 0.15) is 6.42 Å². The van der Waals surface area contributed by atoms with Gasteiger partial charge in [-0.3, -0.25) is 4.90 Å². The van der Waals surface area contributed by atoms with Gasteiger partial charge in [0.15, 0.2) is 0 Å². The van der Waals surface area contributed by atoms with Gasteiger partial charge in [-0.25, -0.2) is 0 Å². The summed E-state index contributed by atoms with van der Waals surface area (Å²) in [4.78, 5) is 2.45. The van der Waals surface area contributed by atoms with E-state index in [4.69, 9.17) is 0 Å². The van der Waals surface area contributed by atoms with Gasteiger partial charge in [0.25, 0.3) is 0 Å². The van der Waals surface area contributed by atoms with Crippen LogP contribution in [0.15, 0.2) is 0 Å². The van der Waals surface area contributed by atoms with Crippen LogP contribution in [-0.4, -0.2) is 37.6 Å². The molecule has 0 amide bonds. The Hall–Kier alpha value is -0.210. The van der Waals surface area contributed by atoms with Gasteiger partial charge in [0, 0.05) is 32.7 Å². The molecular weight excluding hydrogens is 112 g/mol. The number of nitrogens with zero attached hydrogens (tertiary/aromatic N) is 1. The second-order valence-electron chi connectivity index (χ2n) is 2.45. The van der Waals surface area contributed by atoms with Crippen LogP contribution in [0.25, 0.3) is 0 Å². The van der Waals surface area contributed by atoms with Gasteiger partial charge < -0.3 is 5.32 Å². The lowest BCUT2D eigenvalue weighted by Crippen LogP contribution is -2.43. The summed E-state index contributed by atoms with van der Waals surface area (Å²) in [5, 5.41) is 3.31. The van der Waals surface area contributed by atoms with Crippen molar-refractivity contribution < 1.29 is 0 Å². The van der Waals surface area contributed by atoms with Crippen molar-refractivity contribution in [3.05, 3.63) is 6.92 Å². The summed E-state index contributed by atoms with van der Waals surface area (Å²) in [6, 6.07) is 0. The zero-order valence-electron chi connectivity index (χ0n) is 5.90. The van der Waals surface area contributed by atoms with Crippen molar-refractivity contribution >= 4 is 0 Å². The summed E-state index contributed by atoms with van der Waals surface area (Å²) in [5.41, 5.74) is 0. The molecule has 52 valence electrons. The molecule has 0 unspecified atom stereocenters. The summed E-state index contributed by atoms with van der Waals surface area (Å²) in [5.74, 6) is 0. The Morgan fingerprint density at radius 2 is 2.00 bits per heavy atom. The van der Waals surface area contributed by atoms with Gasteiger partial charge in [-0.05, 0) is 0 Å². The number of hydrogen-bond donors (Lipinski definition) is 1. The van der Waals surface area contributed by atoms with Gasteiger partial charge >= 0.3 is 0 Å². The number of piperazine rings is 1. The average Bonchev–Trinajstić information content (AvgIpc) is 1.91. The second kappa shape index (κ2) is 3.75. The minimum atomic E-state index is 1.04. The molecule has 0 aromatic heterocycles. The highest BCUT2D eigenvalue weighted by atomic mass is 15.2. The van der Waals surface area contributed by atoms with Crippen molar-refractivity contribution in [1.29, 1.82) is 0 Å². The lowest BCUT2D eigenvalue weighted by molar-refractivity contribution is 0.245. The fourth-order valence-corrected chi connectivity index (χ4v) is 1.16. The molecule has 1 N–H and O–H groups in total. The second-order valence-corrected chi connectivity index (χ2v) is 2.45. The van der Waals surface area contributed by atoms with Gasteiger partial charge in [0.05, 0.1) is 13.3 Å². The molecule has 1 saturated heterocycles. The summed E-state index contributed by atoms with van der Waals surface area (Å²) in [6.45, 7) is 9.70. The van der Waals surface area contributed by atoms with E-state index in [0.717, 1.165) is 19.5 Å². The molecule has 1 aliphatic rings. The minimum Gasteiger partial charge on any atom is -0.314 e. The van der Waals surface area contributed by atoms with Gasteiger partial charge in [0.2, 0.25) is 0 Å². The van der Waals surface area contributed by atoms with E-state index in [-0.39, 0.29) is 0 Å².